The van der Waals surface area contributed by atoms with Crippen LogP contribution >= 0.6 is 23.6 Å². The molecule has 0 unspecified atom stereocenters. The predicted octanol–water partition coefficient (Wildman–Crippen LogP) is 4.24. The van der Waals surface area contributed by atoms with Gasteiger partial charge in [0.05, 0.1) is 5.39 Å². The van der Waals surface area contributed by atoms with E-state index < -0.39 is 0 Å². The molecule has 0 amide bonds. The van der Waals surface area contributed by atoms with Gasteiger partial charge in [-0.15, -0.1) is 11.3 Å². The largest absolute Gasteiger partial charge is 0.323 e. The summed E-state index contributed by atoms with van der Waals surface area (Å²) >= 11 is 6.60. The molecule has 0 bridgehead atoms. The molecule has 3 rings (SSSR count). The van der Waals surface area contributed by atoms with Crippen LogP contribution in [-0.4, -0.2) is 9.97 Å². The number of benzene rings is 1. The van der Waals surface area contributed by atoms with Gasteiger partial charge in [0.1, 0.15) is 4.83 Å². The van der Waals surface area contributed by atoms with Crippen molar-refractivity contribution in [1.29, 1.82) is 0 Å². The van der Waals surface area contributed by atoms with Crippen molar-refractivity contribution in [2.45, 2.75) is 20.8 Å². The molecule has 0 saturated carbocycles. The van der Waals surface area contributed by atoms with Gasteiger partial charge < -0.3 is 4.98 Å². The Morgan fingerprint density at radius 2 is 1.85 bits per heavy atom. The van der Waals surface area contributed by atoms with Crippen LogP contribution in [0.4, 0.5) is 0 Å². The lowest BCUT2D eigenvalue weighted by atomic mass is 9.99. The molecule has 20 heavy (non-hydrogen) atoms. The van der Waals surface area contributed by atoms with Crippen molar-refractivity contribution in [3.8, 4) is 11.1 Å². The maximum atomic E-state index is 12.2. The van der Waals surface area contributed by atoms with Crippen LogP contribution in [0.25, 0.3) is 21.3 Å². The molecule has 0 spiro atoms. The Labute approximate surface area is 125 Å². The Kier molecular flexibility index (Phi) is 3.11. The Balaban J connectivity index is 2.41. The minimum absolute atomic E-state index is 0.124. The van der Waals surface area contributed by atoms with E-state index in [0.717, 1.165) is 20.8 Å². The maximum absolute atomic E-state index is 12.2. The molecule has 0 radical (unpaired) electrons. The standard InChI is InChI=1S/C15H14N2OS2/c1-7-4-5-10(6-8(7)2)11-9(3)20-14-12(11)13(18)16-15(19)17-14/h4-6H,1-3H3,(H2,16,17,18,19). The van der Waals surface area contributed by atoms with Gasteiger partial charge in [-0.2, -0.15) is 0 Å². The first kappa shape index (κ1) is 13.3. The zero-order valence-electron chi connectivity index (χ0n) is 11.5. The van der Waals surface area contributed by atoms with Gasteiger partial charge in [-0.05, 0) is 49.7 Å². The fourth-order valence-corrected chi connectivity index (χ4v) is 3.73. The molecular formula is C15H14N2OS2. The Bertz CT molecular complexity index is 931. The molecule has 1 aromatic carbocycles. The van der Waals surface area contributed by atoms with Crippen LogP contribution in [0.2, 0.25) is 0 Å². The van der Waals surface area contributed by atoms with E-state index in [1.165, 1.54) is 11.1 Å². The van der Waals surface area contributed by atoms with E-state index in [-0.39, 0.29) is 5.56 Å². The number of fused-ring (bicyclic) bond motifs is 1. The van der Waals surface area contributed by atoms with Gasteiger partial charge >= 0.3 is 0 Å². The average Bonchev–Trinajstić information content (AvgIpc) is 2.69. The van der Waals surface area contributed by atoms with E-state index in [1.54, 1.807) is 11.3 Å². The topological polar surface area (TPSA) is 48.6 Å². The molecule has 102 valence electrons. The summed E-state index contributed by atoms with van der Waals surface area (Å²) in [7, 11) is 0. The summed E-state index contributed by atoms with van der Waals surface area (Å²) in [5.41, 5.74) is 4.43. The van der Waals surface area contributed by atoms with Crippen molar-refractivity contribution in [3.63, 3.8) is 0 Å². The van der Waals surface area contributed by atoms with Crippen LogP contribution in [0, 0.1) is 25.5 Å². The van der Waals surface area contributed by atoms with E-state index in [4.69, 9.17) is 12.2 Å². The highest BCUT2D eigenvalue weighted by Crippen LogP contribution is 2.35. The number of hydrogen-bond donors (Lipinski definition) is 2. The highest BCUT2D eigenvalue weighted by atomic mass is 32.1. The third kappa shape index (κ3) is 2.03. The third-order valence-electron chi connectivity index (χ3n) is 3.56. The molecule has 0 fully saturated rings. The van der Waals surface area contributed by atoms with Crippen molar-refractivity contribution in [1.82, 2.24) is 9.97 Å². The van der Waals surface area contributed by atoms with Crippen molar-refractivity contribution >= 4 is 33.8 Å². The number of aromatic nitrogens is 2. The monoisotopic (exact) mass is 302 g/mol. The number of H-pyrrole nitrogens is 2. The van der Waals surface area contributed by atoms with Crippen molar-refractivity contribution in [2.75, 3.05) is 0 Å². The zero-order chi connectivity index (χ0) is 14.4. The zero-order valence-corrected chi connectivity index (χ0v) is 13.1. The Hall–Kier alpha value is -1.72. The third-order valence-corrected chi connectivity index (χ3v) is 4.79. The van der Waals surface area contributed by atoms with E-state index in [0.29, 0.717) is 10.2 Å². The van der Waals surface area contributed by atoms with Crippen LogP contribution in [0.1, 0.15) is 16.0 Å². The van der Waals surface area contributed by atoms with Gasteiger partial charge in [0, 0.05) is 10.4 Å². The molecular weight excluding hydrogens is 288 g/mol. The molecule has 2 N–H and O–H groups in total. The Morgan fingerprint density at radius 3 is 2.55 bits per heavy atom. The van der Waals surface area contributed by atoms with Gasteiger partial charge in [0.2, 0.25) is 0 Å². The molecule has 3 aromatic rings. The molecule has 3 nitrogen and oxygen atoms in total. The summed E-state index contributed by atoms with van der Waals surface area (Å²) in [5.74, 6) is 0. The summed E-state index contributed by atoms with van der Waals surface area (Å²) in [6, 6.07) is 6.29. The number of aromatic amines is 2. The lowest BCUT2D eigenvalue weighted by Gasteiger charge is -2.05. The van der Waals surface area contributed by atoms with Gasteiger partial charge in [-0.3, -0.25) is 9.78 Å². The first-order chi connectivity index (χ1) is 9.47. The predicted molar refractivity (Wildman–Crippen MR) is 87.3 cm³/mol. The van der Waals surface area contributed by atoms with Crippen molar-refractivity contribution < 1.29 is 0 Å². The second kappa shape index (κ2) is 4.68. The summed E-state index contributed by atoms with van der Waals surface area (Å²) in [6.45, 7) is 6.20. The van der Waals surface area contributed by atoms with E-state index >= 15 is 0 Å². The highest BCUT2D eigenvalue weighted by Gasteiger charge is 2.15. The fourth-order valence-electron chi connectivity index (χ4n) is 2.39. The minimum Gasteiger partial charge on any atom is -0.323 e. The lowest BCUT2D eigenvalue weighted by molar-refractivity contribution is 1.15. The quantitative estimate of drug-likeness (QED) is 0.661. The summed E-state index contributed by atoms with van der Waals surface area (Å²) < 4.78 is 0.371. The molecule has 0 aliphatic carbocycles. The maximum Gasteiger partial charge on any atom is 0.261 e. The molecule has 5 heteroatoms. The second-order valence-corrected chi connectivity index (χ2v) is 6.58. The number of hydrogen-bond acceptors (Lipinski definition) is 3. The normalized spacial score (nSPS) is 11.2. The van der Waals surface area contributed by atoms with E-state index in [2.05, 4.69) is 42.0 Å². The second-order valence-electron chi connectivity index (χ2n) is 4.94. The van der Waals surface area contributed by atoms with Gasteiger partial charge in [0.25, 0.3) is 5.56 Å². The molecule has 2 aromatic heterocycles. The smallest absolute Gasteiger partial charge is 0.261 e. The number of aryl methyl sites for hydroxylation is 3. The van der Waals surface area contributed by atoms with Crippen LogP contribution in [0.5, 0.6) is 0 Å². The summed E-state index contributed by atoms with van der Waals surface area (Å²) in [5, 5.41) is 0.698. The number of rotatable bonds is 1. The molecule has 0 aliphatic rings. The Morgan fingerprint density at radius 1 is 1.10 bits per heavy atom. The minimum atomic E-state index is -0.124. The first-order valence-corrected chi connectivity index (χ1v) is 7.53. The lowest BCUT2D eigenvalue weighted by Crippen LogP contribution is -2.07. The van der Waals surface area contributed by atoms with Gasteiger partial charge in [-0.25, -0.2) is 0 Å². The highest BCUT2D eigenvalue weighted by molar-refractivity contribution is 7.71. The first-order valence-electron chi connectivity index (χ1n) is 6.30. The molecule has 0 atom stereocenters. The van der Waals surface area contributed by atoms with Crippen molar-refractivity contribution in [3.05, 3.63) is 49.3 Å². The van der Waals surface area contributed by atoms with Gasteiger partial charge in [-0.1, -0.05) is 18.2 Å². The molecule has 0 saturated heterocycles. The fraction of sp³-hybridized carbons (Fsp3) is 0.200. The van der Waals surface area contributed by atoms with Crippen molar-refractivity contribution in [2.24, 2.45) is 0 Å². The molecule has 2 heterocycles. The van der Waals surface area contributed by atoms with Gasteiger partial charge in [0.15, 0.2) is 4.77 Å². The van der Waals surface area contributed by atoms with Crippen LogP contribution in [0.15, 0.2) is 23.0 Å². The van der Waals surface area contributed by atoms with E-state index in [9.17, 15) is 4.79 Å². The van der Waals surface area contributed by atoms with Crippen LogP contribution in [-0.2, 0) is 0 Å². The van der Waals surface area contributed by atoms with E-state index in [1.807, 2.05) is 6.92 Å². The van der Waals surface area contributed by atoms with Crippen LogP contribution < -0.4 is 5.56 Å². The number of thiophene rings is 1. The molecule has 0 aliphatic heterocycles. The SMILES string of the molecule is Cc1ccc(-c2c(C)sc3[nH]c(=S)[nH]c(=O)c23)cc1C. The van der Waals surface area contributed by atoms with Crippen LogP contribution in [0.3, 0.4) is 0 Å². The summed E-state index contributed by atoms with van der Waals surface area (Å²) in [4.78, 5) is 19.9. The number of nitrogens with one attached hydrogen (secondary N) is 2. The summed E-state index contributed by atoms with van der Waals surface area (Å²) in [6.07, 6.45) is 0. The average molecular weight is 302 g/mol.